The van der Waals surface area contributed by atoms with E-state index in [1.54, 1.807) is 10.8 Å². The van der Waals surface area contributed by atoms with Gasteiger partial charge in [0.05, 0.1) is 11.4 Å². The van der Waals surface area contributed by atoms with Crippen molar-refractivity contribution in [3.8, 4) is 0 Å². The summed E-state index contributed by atoms with van der Waals surface area (Å²) < 4.78 is 1.59. The molecule has 1 atom stereocenters. The van der Waals surface area contributed by atoms with E-state index in [0.717, 1.165) is 6.42 Å². The number of carboxylic acids is 2. The van der Waals surface area contributed by atoms with Crippen LogP contribution in [0.25, 0.3) is 0 Å². The molecule has 0 unspecified atom stereocenters. The zero-order chi connectivity index (χ0) is 15.3. The van der Waals surface area contributed by atoms with Crippen LogP contribution in [-0.4, -0.2) is 38.7 Å². The topological polar surface area (TPSA) is 109 Å². The largest absolute Gasteiger partial charge is 0.481 e. The Morgan fingerprint density at radius 2 is 2.05 bits per heavy atom. The third kappa shape index (κ3) is 4.27. The molecule has 0 fully saturated rings. The van der Waals surface area contributed by atoms with Gasteiger partial charge in [-0.05, 0) is 12.5 Å². The van der Waals surface area contributed by atoms with Gasteiger partial charge in [0.2, 0.25) is 0 Å². The average Bonchev–Trinajstić information content (AvgIpc) is 2.69. The first-order valence-electron chi connectivity index (χ1n) is 5.96. The van der Waals surface area contributed by atoms with Gasteiger partial charge in [0.1, 0.15) is 11.7 Å². The lowest BCUT2D eigenvalue weighted by Crippen LogP contribution is -2.42. The summed E-state index contributed by atoms with van der Waals surface area (Å²) in [4.78, 5) is 33.5. The summed E-state index contributed by atoms with van der Waals surface area (Å²) in [7, 11) is 0. The van der Waals surface area contributed by atoms with E-state index in [2.05, 4.69) is 5.32 Å². The zero-order valence-corrected chi connectivity index (χ0v) is 11.6. The van der Waals surface area contributed by atoms with E-state index in [1.165, 1.54) is 6.07 Å². The molecule has 1 amide bonds. The molecule has 0 saturated carbocycles. The van der Waals surface area contributed by atoms with Crippen LogP contribution in [0.15, 0.2) is 12.3 Å². The Bertz CT molecular complexity index is 526. The molecule has 0 aliphatic heterocycles. The summed E-state index contributed by atoms with van der Waals surface area (Å²) >= 11 is 5.82. The number of aryl methyl sites for hydroxylation is 1. The molecule has 8 heteroatoms. The number of amides is 1. The molecule has 0 bridgehead atoms. The van der Waals surface area contributed by atoms with Gasteiger partial charge in [-0.15, -0.1) is 0 Å². The first kappa shape index (κ1) is 16.0. The number of nitrogens with one attached hydrogen (secondary N) is 1. The number of hydrogen-bond acceptors (Lipinski definition) is 3. The molecule has 3 N–H and O–H groups in total. The van der Waals surface area contributed by atoms with Crippen LogP contribution in [0.1, 0.15) is 30.3 Å². The molecule has 0 aliphatic carbocycles. The molecule has 1 aromatic heterocycles. The van der Waals surface area contributed by atoms with Crippen LogP contribution in [0.4, 0.5) is 0 Å². The lowest BCUT2D eigenvalue weighted by Gasteiger charge is -2.13. The summed E-state index contributed by atoms with van der Waals surface area (Å²) in [6.45, 7) is 2.46. The van der Waals surface area contributed by atoms with Gasteiger partial charge < -0.3 is 20.1 Å². The minimum Gasteiger partial charge on any atom is -0.481 e. The summed E-state index contributed by atoms with van der Waals surface area (Å²) in [5.74, 6) is -3.38. The molecule has 1 aromatic rings. The second kappa shape index (κ2) is 6.95. The van der Waals surface area contributed by atoms with Crippen LogP contribution in [-0.2, 0) is 16.1 Å². The predicted molar refractivity (Wildman–Crippen MR) is 70.9 cm³/mol. The van der Waals surface area contributed by atoms with E-state index in [1.807, 2.05) is 6.92 Å². The van der Waals surface area contributed by atoms with Crippen LogP contribution in [0.2, 0.25) is 5.02 Å². The van der Waals surface area contributed by atoms with E-state index in [0.29, 0.717) is 11.6 Å². The van der Waals surface area contributed by atoms with Gasteiger partial charge in [-0.1, -0.05) is 18.5 Å². The number of aromatic nitrogens is 1. The van der Waals surface area contributed by atoms with Crippen molar-refractivity contribution < 1.29 is 24.6 Å². The van der Waals surface area contributed by atoms with Gasteiger partial charge >= 0.3 is 11.9 Å². The van der Waals surface area contributed by atoms with Crippen molar-refractivity contribution >= 4 is 29.4 Å². The Morgan fingerprint density at radius 3 is 2.55 bits per heavy atom. The second-order valence-corrected chi connectivity index (χ2v) is 4.64. The van der Waals surface area contributed by atoms with Gasteiger partial charge in [0, 0.05) is 12.7 Å². The molecule has 0 aliphatic rings. The molecule has 7 nitrogen and oxygen atoms in total. The first-order chi connectivity index (χ1) is 9.35. The fourth-order valence-electron chi connectivity index (χ4n) is 1.70. The third-order valence-electron chi connectivity index (χ3n) is 2.54. The zero-order valence-electron chi connectivity index (χ0n) is 10.8. The maximum absolute atomic E-state index is 12.0. The Kier molecular flexibility index (Phi) is 5.57. The van der Waals surface area contributed by atoms with Crippen LogP contribution in [0.5, 0.6) is 0 Å². The van der Waals surface area contributed by atoms with Crippen molar-refractivity contribution in [1.29, 1.82) is 0 Å². The molecule has 1 rings (SSSR count). The minimum absolute atomic E-state index is 0.202. The maximum atomic E-state index is 12.0. The predicted octanol–water partition coefficient (Wildman–Crippen LogP) is 1.21. The Labute approximate surface area is 120 Å². The van der Waals surface area contributed by atoms with Crippen molar-refractivity contribution in [2.75, 3.05) is 0 Å². The number of carbonyl (C=O) groups excluding carboxylic acids is 1. The summed E-state index contributed by atoms with van der Waals surface area (Å²) in [6, 6.07) is -0.0737. The molecule has 1 heterocycles. The standard InChI is InChI=1S/C12H15ClN2O5/c1-2-3-15-6-7(13)4-9(15)11(18)14-8(12(19)20)5-10(16)17/h4,6,8H,2-3,5H2,1H3,(H,14,18)(H,16,17)(H,19,20)/t8-/m0/s1. The van der Waals surface area contributed by atoms with E-state index in [4.69, 9.17) is 21.8 Å². The second-order valence-electron chi connectivity index (χ2n) is 4.20. The fraction of sp³-hybridized carbons (Fsp3) is 0.417. The van der Waals surface area contributed by atoms with E-state index in [-0.39, 0.29) is 5.69 Å². The van der Waals surface area contributed by atoms with E-state index in [9.17, 15) is 14.4 Å². The summed E-state index contributed by atoms with van der Waals surface area (Å²) in [6.07, 6.45) is 1.64. The number of aliphatic carboxylic acids is 2. The van der Waals surface area contributed by atoms with Crippen molar-refractivity contribution in [3.05, 3.63) is 23.0 Å². The summed E-state index contributed by atoms with van der Waals surface area (Å²) in [5.41, 5.74) is 0.202. The van der Waals surface area contributed by atoms with Crippen LogP contribution < -0.4 is 5.32 Å². The third-order valence-corrected chi connectivity index (χ3v) is 2.75. The van der Waals surface area contributed by atoms with Gasteiger partial charge in [-0.3, -0.25) is 9.59 Å². The van der Waals surface area contributed by atoms with Crippen LogP contribution >= 0.6 is 11.6 Å². The Morgan fingerprint density at radius 1 is 1.40 bits per heavy atom. The lowest BCUT2D eigenvalue weighted by atomic mass is 10.2. The smallest absolute Gasteiger partial charge is 0.326 e. The number of halogens is 1. The fourth-order valence-corrected chi connectivity index (χ4v) is 1.92. The summed E-state index contributed by atoms with van der Waals surface area (Å²) in [5, 5.41) is 20.0. The Hall–Kier alpha value is -2.02. The SMILES string of the molecule is CCCn1cc(Cl)cc1C(=O)N[C@@H](CC(=O)O)C(=O)O. The van der Waals surface area contributed by atoms with Crippen molar-refractivity contribution in [2.24, 2.45) is 0 Å². The van der Waals surface area contributed by atoms with Crippen LogP contribution in [0, 0.1) is 0 Å². The highest BCUT2D eigenvalue weighted by Crippen LogP contribution is 2.15. The van der Waals surface area contributed by atoms with Crippen molar-refractivity contribution in [3.63, 3.8) is 0 Å². The molecule has 0 saturated heterocycles. The molecule has 20 heavy (non-hydrogen) atoms. The maximum Gasteiger partial charge on any atom is 0.326 e. The van der Waals surface area contributed by atoms with Gasteiger partial charge in [-0.25, -0.2) is 4.79 Å². The minimum atomic E-state index is -1.48. The number of carbonyl (C=O) groups is 3. The van der Waals surface area contributed by atoms with E-state index < -0.39 is 30.3 Å². The molecule has 0 spiro atoms. The van der Waals surface area contributed by atoms with Crippen molar-refractivity contribution in [1.82, 2.24) is 9.88 Å². The quantitative estimate of drug-likeness (QED) is 0.701. The molecular formula is C12H15ClN2O5. The molecular weight excluding hydrogens is 288 g/mol. The highest BCUT2D eigenvalue weighted by molar-refractivity contribution is 6.31. The van der Waals surface area contributed by atoms with Gasteiger partial charge in [-0.2, -0.15) is 0 Å². The van der Waals surface area contributed by atoms with Crippen LogP contribution in [0.3, 0.4) is 0 Å². The highest BCUT2D eigenvalue weighted by Gasteiger charge is 2.25. The van der Waals surface area contributed by atoms with Gasteiger partial charge in [0.15, 0.2) is 0 Å². The normalized spacial score (nSPS) is 11.9. The van der Waals surface area contributed by atoms with Gasteiger partial charge in [0.25, 0.3) is 5.91 Å². The number of hydrogen-bond donors (Lipinski definition) is 3. The highest BCUT2D eigenvalue weighted by atomic mass is 35.5. The first-order valence-corrected chi connectivity index (χ1v) is 6.34. The number of carboxylic acid groups (broad SMARTS) is 2. The van der Waals surface area contributed by atoms with E-state index >= 15 is 0 Å². The lowest BCUT2D eigenvalue weighted by molar-refractivity contribution is -0.145. The molecule has 110 valence electrons. The Balaban J connectivity index is 2.88. The molecule has 0 aromatic carbocycles. The molecule has 0 radical (unpaired) electrons. The number of nitrogens with zero attached hydrogens (tertiary/aromatic N) is 1. The number of rotatable bonds is 7. The monoisotopic (exact) mass is 302 g/mol. The van der Waals surface area contributed by atoms with Crippen molar-refractivity contribution in [2.45, 2.75) is 32.4 Å². The average molecular weight is 303 g/mol.